The highest BCUT2D eigenvalue weighted by Gasteiger charge is 2.33. The lowest BCUT2D eigenvalue weighted by Gasteiger charge is -2.26. The van der Waals surface area contributed by atoms with E-state index in [0.717, 1.165) is 0 Å². The summed E-state index contributed by atoms with van der Waals surface area (Å²) in [6, 6.07) is -5.71. The molecule has 0 fully saturated rings. The SMILES string of the molecule is CC(O)C(NC(=O)C(Cc1cnc[nH]1)NC(=O)C(N)CCC(N)=O)C(=O)NC(CCC(=O)O)C(=O)O. The molecule has 1 rings (SSSR count). The number of nitrogens with zero attached hydrogens (tertiary/aromatic N) is 1. The summed E-state index contributed by atoms with van der Waals surface area (Å²) < 4.78 is 0. The van der Waals surface area contributed by atoms with Gasteiger partial charge in [0.1, 0.15) is 18.1 Å². The van der Waals surface area contributed by atoms with Crippen LogP contribution in [0, 0.1) is 0 Å². The molecule has 5 atom stereocenters. The molecule has 0 bridgehead atoms. The largest absolute Gasteiger partial charge is 0.481 e. The maximum absolute atomic E-state index is 13.0. The van der Waals surface area contributed by atoms with Crippen molar-refractivity contribution in [2.75, 3.05) is 0 Å². The van der Waals surface area contributed by atoms with Crippen LogP contribution in [0.1, 0.15) is 38.3 Å². The first kappa shape index (κ1) is 30.0. The van der Waals surface area contributed by atoms with E-state index in [-0.39, 0.29) is 19.3 Å². The molecule has 1 aromatic heterocycles. The van der Waals surface area contributed by atoms with Crippen LogP contribution in [-0.4, -0.2) is 91.1 Å². The van der Waals surface area contributed by atoms with Crippen LogP contribution in [-0.2, 0) is 35.2 Å². The number of carbonyl (C=O) groups is 6. The minimum Gasteiger partial charge on any atom is -0.481 e. The summed E-state index contributed by atoms with van der Waals surface area (Å²) in [6.07, 6.45) is -0.114. The molecule has 0 saturated heterocycles. The second-order valence-electron chi connectivity index (χ2n) is 8.01. The molecule has 200 valence electrons. The van der Waals surface area contributed by atoms with Crippen molar-refractivity contribution >= 4 is 35.6 Å². The molecule has 5 unspecified atom stereocenters. The van der Waals surface area contributed by atoms with E-state index in [1.807, 2.05) is 0 Å². The Labute approximate surface area is 205 Å². The molecule has 0 aromatic carbocycles. The highest BCUT2D eigenvalue weighted by Crippen LogP contribution is 2.05. The van der Waals surface area contributed by atoms with Crippen molar-refractivity contribution < 1.29 is 44.1 Å². The molecule has 4 amide bonds. The number of nitrogens with two attached hydrogens (primary N) is 2. The van der Waals surface area contributed by atoms with E-state index in [1.54, 1.807) is 0 Å². The quantitative estimate of drug-likeness (QED) is 0.104. The third kappa shape index (κ3) is 10.5. The lowest BCUT2D eigenvalue weighted by molar-refractivity contribution is -0.144. The summed E-state index contributed by atoms with van der Waals surface area (Å²) in [5.41, 5.74) is 11.2. The van der Waals surface area contributed by atoms with E-state index in [4.69, 9.17) is 16.6 Å². The Morgan fingerprint density at radius 2 is 1.61 bits per heavy atom. The summed E-state index contributed by atoms with van der Waals surface area (Å²) in [5.74, 6) is -6.23. The Bertz CT molecular complexity index is 936. The van der Waals surface area contributed by atoms with Gasteiger partial charge in [0.25, 0.3) is 0 Å². The van der Waals surface area contributed by atoms with Gasteiger partial charge in [0, 0.05) is 31.2 Å². The zero-order chi connectivity index (χ0) is 27.4. The Kier molecular flexibility index (Phi) is 12.0. The minimum atomic E-state index is -1.64. The molecule has 0 aliphatic rings. The molecule has 0 saturated carbocycles. The van der Waals surface area contributed by atoms with Gasteiger partial charge in [0.15, 0.2) is 0 Å². The van der Waals surface area contributed by atoms with Crippen LogP contribution in [0.15, 0.2) is 12.5 Å². The third-order valence-corrected chi connectivity index (χ3v) is 4.97. The van der Waals surface area contributed by atoms with Crippen molar-refractivity contribution in [3.8, 4) is 0 Å². The second kappa shape index (κ2) is 14.4. The number of hydrogen-bond donors (Lipinski definition) is 9. The number of aliphatic hydroxyl groups excluding tert-OH is 1. The number of carboxylic acid groups (broad SMARTS) is 2. The molecular weight excluding hydrogens is 482 g/mol. The van der Waals surface area contributed by atoms with E-state index >= 15 is 0 Å². The molecule has 1 aromatic rings. The van der Waals surface area contributed by atoms with Gasteiger partial charge in [0.2, 0.25) is 23.6 Å². The maximum Gasteiger partial charge on any atom is 0.326 e. The summed E-state index contributed by atoms with van der Waals surface area (Å²) in [5, 5.41) is 34.8. The van der Waals surface area contributed by atoms with Gasteiger partial charge in [0.05, 0.1) is 18.5 Å². The molecule has 0 aliphatic heterocycles. The monoisotopic (exact) mass is 513 g/mol. The molecule has 36 heavy (non-hydrogen) atoms. The lowest BCUT2D eigenvalue weighted by Crippen LogP contribution is -2.60. The van der Waals surface area contributed by atoms with Crippen LogP contribution in [0.3, 0.4) is 0 Å². The Balaban J connectivity index is 2.99. The van der Waals surface area contributed by atoms with Crippen LogP contribution in [0.2, 0.25) is 0 Å². The number of aromatic amines is 1. The van der Waals surface area contributed by atoms with E-state index in [2.05, 4.69) is 25.9 Å². The predicted octanol–water partition coefficient (Wildman–Crippen LogP) is -3.67. The molecule has 1 heterocycles. The molecule has 0 aliphatic carbocycles. The van der Waals surface area contributed by atoms with Gasteiger partial charge in [-0.15, -0.1) is 0 Å². The average molecular weight is 514 g/mol. The number of aromatic nitrogens is 2. The van der Waals surface area contributed by atoms with Gasteiger partial charge >= 0.3 is 11.9 Å². The molecule has 16 heteroatoms. The van der Waals surface area contributed by atoms with Crippen molar-refractivity contribution in [1.82, 2.24) is 25.9 Å². The van der Waals surface area contributed by atoms with Gasteiger partial charge in [-0.2, -0.15) is 0 Å². The van der Waals surface area contributed by atoms with Crippen molar-refractivity contribution in [3.05, 3.63) is 18.2 Å². The number of rotatable bonds is 16. The van der Waals surface area contributed by atoms with Gasteiger partial charge in [-0.3, -0.25) is 24.0 Å². The zero-order valence-electron chi connectivity index (χ0n) is 19.5. The topological polar surface area (TPSA) is 280 Å². The normalized spacial score (nSPS) is 15.0. The predicted molar refractivity (Wildman–Crippen MR) is 121 cm³/mol. The molecule has 0 radical (unpaired) electrons. The van der Waals surface area contributed by atoms with E-state index in [9.17, 15) is 39.0 Å². The Morgan fingerprint density at radius 3 is 2.11 bits per heavy atom. The third-order valence-electron chi connectivity index (χ3n) is 4.97. The fourth-order valence-electron chi connectivity index (χ4n) is 2.98. The first-order valence-corrected chi connectivity index (χ1v) is 10.9. The minimum absolute atomic E-state index is 0.0782. The number of H-pyrrole nitrogens is 1. The second-order valence-corrected chi connectivity index (χ2v) is 8.01. The number of aliphatic carboxylic acids is 2. The van der Waals surface area contributed by atoms with Crippen molar-refractivity contribution in [3.63, 3.8) is 0 Å². The number of carboxylic acids is 2. The van der Waals surface area contributed by atoms with Crippen molar-refractivity contribution in [1.29, 1.82) is 0 Å². The standard InChI is InChI=1S/C20H31N7O9/c1-9(28)16(19(34)25-12(20(35)36)3-5-15(30)31)27-18(33)13(6-10-7-23-8-24-10)26-17(32)11(21)2-4-14(22)29/h7-9,11-13,16,28H,2-6,21H2,1H3,(H2,22,29)(H,23,24)(H,25,34)(H,26,32)(H,27,33)(H,30,31)(H,35,36). The smallest absolute Gasteiger partial charge is 0.326 e. The van der Waals surface area contributed by atoms with Crippen LogP contribution in [0.5, 0.6) is 0 Å². The van der Waals surface area contributed by atoms with Gasteiger partial charge in [-0.05, 0) is 19.8 Å². The summed E-state index contributed by atoms with van der Waals surface area (Å²) in [4.78, 5) is 77.7. The summed E-state index contributed by atoms with van der Waals surface area (Å²) >= 11 is 0. The first-order chi connectivity index (χ1) is 16.8. The highest BCUT2D eigenvalue weighted by molar-refractivity contribution is 5.94. The van der Waals surface area contributed by atoms with Gasteiger partial charge in [-0.1, -0.05) is 0 Å². The van der Waals surface area contributed by atoms with Crippen LogP contribution in [0.25, 0.3) is 0 Å². The van der Waals surface area contributed by atoms with Crippen LogP contribution < -0.4 is 27.4 Å². The molecule has 0 spiro atoms. The number of hydrogen-bond acceptors (Lipinski definition) is 9. The van der Waals surface area contributed by atoms with Crippen LogP contribution in [0.4, 0.5) is 0 Å². The fraction of sp³-hybridized carbons (Fsp3) is 0.550. The van der Waals surface area contributed by atoms with Gasteiger partial charge in [-0.25, -0.2) is 9.78 Å². The maximum atomic E-state index is 13.0. The molecular formula is C20H31N7O9. The number of imidazole rings is 1. The number of carbonyl (C=O) groups excluding carboxylic acids is 4. The molecule has 11 N–H and O–H groups in total. The highest BCUT2D eigenvalue weighted by atomic mass is 16.4. The first-order valence-electron chi connectivity index (χ1n) is 10.9. The fourth-order valence-corrected chi connectivity index (χ4v) is 2.98. The van der Waals surface area contributed by atoms with Crippen molar-refractivity contribution in [2.45, 2.75) is 69.3 Å². The number of aliphatic hydroxyl groups is 1. The van der Waals surface area contributed by atoms with Crippen LogP contribution >= 0.6 is 0 Å². The average Bonchev–Trinajstić information content (AvgIpc) is 3.30. The summed E-state index contributed by atoms with van der Waals surface area (Å²) in [6.45, 7) is 1.17. The van der Waals surface area contributed by atoms with E-state index in [0.29, 0.717) is 5.69 Å². The van der Waals surface area contributed by atoms with E-state index < -0.39 is 78.7 Å². The molecule has 16 nitrogen and oxygen atoms in total. The van der Waals surface area contributed by atoms with Gasteiger partial charge < -0.3 is 47.7 Å². The Morgan fingerprint density at radius 1 is 0.972 bits per heavy atom. The number of nitrogens with one attached hydrogen (secondary N) is 4. The van der Waals surface area contributed by atoms with Crippen molar-refractivity contribution in [2.24, 2.45) is 11.5 Å². The summed E-state index contributed by atoms with van der Waals surface area (Å²) in [7, 11) is 0. The number of primary amides is 1. The van der Waals surface area contributed by atoms with E-state index in [1.165, 1.54) is 19.4 Å². The lowest BCUT2D eigenvalue weighted by atomic mass is 10.1. The Hall–Kier alpha value is -4.05. The zero-order valence-corrected chi connectivity index (χ0v) is 19.5. The number of amides is 4.